The monoisotopic (exact) mass is 255 g/mol. The normalized spacial score (nSPS) is 18.4. The summed E-state index contributed by atoms with van der Waals surface area (Å²) in [4.78, 5) is 4.44. The number of aryl methyl sites for hydroxylation is 1. The molecule has 1 aromatic heterocycles. The number of aromatic nitrogens is 2. The number of rotatable bonds is 3. The molecule has 0 fully saturated rings. The van der Waals surface area contributed by atoms with Crippen LogP contribution in [-0.2, 0) is 12.8 Å². The quantitative estimate of drug-likeness (QED) is 0.910. The minimum absolute atomic E-state index is 0.414. The smallest absolute Gasteiger partial charge is 0.203 e. The highest BCUT2D eigenvalue weighted by atomic mass is 15.2. The van der Waals surface area contributed by atoms with E-state index in [9.17, 15) is 0 Å². The van der Waals surface area contributed by atoms with Gasteiger partial charge in [-0.2, -0.15) is 0 Å². The number of fused-ring (bicyclic) bond motifs is 1. The lowest BCUT2D eigenvalue weighted by atomic mass is 9.88. The summed E-state index contributed by atoms with van der Waals surface area (Å²) in [5.41, 5.74) is 3.00. The van der Waals surface area contributed by atoms with Crippen LogP contribution in [0.25, 0.3) is 0 Å². The molecule has 3 rings (SSSR count). The number of hydrogen-bond acceptors (Lipinski definition) is 2. The van der Waals surface area contributed by atoms with Gasteiger partial charge in [-0.3, -0.25) is 0 Å². The third-order valence-electron chi connectivity index (χ3n) is 3.80. The molecular weight excluding hydrogens is 234 g/mol. The summed E-state index contributed by atoms with van der Waals surface area (Å²) in [6.45, 7) is 4.30. The summed E-state index contributed by atoms with van der Waals surface area (Å²) in [6, 6.07) is 9.74. The highest BCUT2D eigenvalue weighted by molar-refractivity contribution is 5.33. The zero-order chi connectivity index (χ0) is 13.2. The minimum atomic E-state index is 0.414. The van der Waals surface area contributed by atoms with Crippen molar-refractivity contribution in [3.05, 3.63) is 47.8 Å². The zero-order valence-electron chi connectivity index (χ0n) is 11.6. The molecule has 1 unspecified atom stereocenters. The van der Waals surface area contributed by atoms with E-state index in [4.69, 9.17) is 0 Å². The van der Waals surface area contributed by atoms with Crippen LogP contribution in [0.5, 0.6) is 0 Å². The summed E-state index contributed by atoms with van der Waals surface area (Å²) in [5, 5.41) is 3.43. The van der Waals surface area contributed by atoms with Gasteiger partial charge in [0.2, 0.25) is 5.95 Å². The van der Waals surface area contributed by atoms with Gasteiger partial charge in [0.05, 0.1) is 0 Å². The van der Waals surface area contributed by atoms with Crippen molar-refractivity contribution in [2.75, 3.05) is 5.32 Å². The minimum Gasteiger partial charge on any atom is -0.353 e. The van der Waals surface area contributed by atoms with E-state index in [0.717, 1.165) is 12.4 Å². The molecular formula is C16H21N3. The third kappa shape index (κ3) is 2.50. The van der Waals surface area contributed by atoms with Crippen LogP contribution in [0.4, 0.5) is 5.95 Å². The van der Waals surface area contributed by atoms with Crippen molar-refractivity contribution in [2.24, 2.45) is 0 Å². The first-order valence-electron chi connectivity index (χ1n) is 7.10. The lowest BCUT2D eigenvalue weighted by molar-refractivity contribution is 0.445. The molecule has 0 bridgehead atoms. The van der Waals surface area contributed by atoms with Gasteiger partial charge < -0.3 is 9.88 Å². The Morgan fingerprint density at radius 3 is 2.84 bits per heavy atom. The number of nitrogens with zero attached hydrogens (tertiary/aromatic N) is 2. The summed E-state index contributed by atoms with van der Waals surface area (Å²) < 4.78 is 2.30. The first kappa shape index (κ1) is 12.3. The maximum Gasteiger partial charge on any atom is 0.203 e. The van der Waals surface area contributed by atoms with Crippen molar-refractivity contribution in [3.8, 4) is 0 Å². The average Bonchev–Trinajstić information content (AvgIpc) is 2.85. The topological polar surface area (TPSA) is 29.9 Å². The van der Waals surface area contributed by atoms with E-state index in [-0.39, 0.29) is 0 Å². The Labute approximate surface area is 114 Å². The SMILES string of the molecule is CC(C)Nc1nccn1C1CCc2ccccc2C1. The Morgan fingerprint density at radius 1 is 1.26 bits per heavy atom. The van der Waals surface area contributed by atoms with E-state index >= 15 is 0 Å². The van der Waals surface area contributed by atoms with E-state index < -0.39 is 0 Å². The Bertz CT molecular complexity index is 557. The molecule has 3 heteroatoms. The highest BCUT2D eigenvalue weighted by Gasteiger charge is 2.21. The van der Waals surface area contributed by atoms with Gasteiger partial charge in [-0.1, -0.05) is 24.3 Å². The van der Waals surface area contributed by atoms with Gasteiger partial charge in [-0.15, -0.1) is 0 Å². The van der Waals surface area contributed by atoms with Crippen molar-refractivity contribution < 1.29 is 0 Å². The molecule has 0 radical (unpaired) electrons. The fourth-order valence-electron chi connectivity index (χ4n) is 2.89. The molecule has 0 saturated heterocycles. The van der Waals surface area contributed by atoms with Crippen molar-refractivity contribution in [1.29, 1.82) is 0 Å². The third-order valence-corrected chi connectivity index (χ3v) is 3.80. The van der Waals surface area contributed by atoms with Crippen molar-refractivity contribution in [3.63, 3.8) is 0 Å². The van der Waals surface area contributed by atoms with E-state index in [2.05, 4.69) is 59.2 Å². The molecule has 0 saturated carbocycles. The van der Waals surface area contributed by atoms with Gasteiger partial charge >= 0.3 is 0 Å². The number of anilines is 1. The van der Waals surface area contributed by atoms with E-state index in [1.807, 2.05) is 6.20 Å². The standard InChI is InChI=1S/C16H21N3/c1-12(2)18-16-17-9-10-19(16)15-8-7-13-5-3-4-6-14(13)11-15/h3-6,9-10,12,15H,7-8,11H2,1-2H3,(H,17,18). The van der Waals surface area contributed by atoms with Gasteiger partial charge in [0.25, 0.3) is 0 Å². The molecule has 0 amide bonds. The second-order valence-corrected chi connectivity index (χ2v) is 5.62. The molecule has 1 aromatic carbocycles. The fourth-order valence-corrected chi connectivity index (χ4v) is 2.89. The van der Waals surface area contributed by atoms with Crippen molar-refractivity contribution in [1.82, 2.24) is 9.55 Å². The molecule has 19 heavy (non-hydrogen) atoms. The lowest BCUT2D eigenvalue weighted by Gasteiger charge is -2.27. The molecule has 1 N–H and O–H groups in total. The molecule has 100 valence electrons. The fraction of sp³-hybridized carbons (Fsp3) is 0.438. The Balaban J connectivity index is 1.83. The van der Waals surface area contributed by atoms with Crippen LogP contribution < -0.4 is 5.32 Å². The molecule has 1 atom stereocenters. The largest absolute Gasteiger partial charge is 0.353 e. The summed E-state index contributed by atoms with van der Waals surface area (Å²) >= 11 is 0. The highest BCUT2D eigenvalue weighted by Crippen LogP contribution is 2.30. The average molecular weight is 255 g/mol. The van der Waals surface area contributed by atoms with Gasteiger partial charge in [-0.05, 0) is 44.2 Å². The second kappa shape index (κ2) is 5.08. The van der Waals surface area contributed by atoms with Gasteiger partial charge in [0, 0.05) is 24.5 Å². The second-order valence-electron chi connectivity index (χ2n) is 5.62. The predicted octanol–water partition coefficient (Wildman–Crippen LogP) is 3.43. The Kier molecular flexibility index (Phi) is 3.28. The van der Waals surface area contributed by atoms with E-state index in [1.54, 1.807) is 0 Å². The molecule has 3 nitrogen and oxygen atoms in total. The van der Waals surface area contributed by atoms with Gasteiger partial charge in [0.15, 0.2) is 0 Å². The van der Waals surface area contributed by atoms with Crippen LogP contribution in [0, 0.1) is 0 Å². The van der Waals surface area contributed by atoms with Crippen LogP contribution in [0.1, 0.15) is 37.4 Å². The van der Waals surface area contributed by atoms with Crippen LogP contribution in [-0.4, -0.2) is 15.6 Å². The molecule has 0 aliphatic heterocycles. The maximum atomic E-state index is 4.44. The predicted molar refractivity (Wildman–Crippen MR) is 78.5 cm³/mol. The Morgan fingerprint density at radius 2 is 2.05 bits per heavy atom. The van der Waals surface area contributed by atoms with Gasteiger partial charge in [-0.25, -0.2) is 4.98 Å². The van der Waals surface area contributed by atoms with E-state index in [0.29, 0.717) is 12.1 Å². The molecule has 2 aromatic rings. The van der Waals surface area contributed by atoms with Crippen LogP contribution in [0.3, 0.4) is 0 Å². The molecule has 1 heterocycles. The molecule has 1 aliphatic carbocycles. The summed E-state index contributed by atoms with van der Waals surface area (Å²) in [6.07, 6.45) is 7.47. The van der Waals surface area contributed by atoms with Crippen molar-refractivity contribution in [2.45, 2.75) is 45.2 Å². The first-order valence-corrected chi connectivity index (χ1v) is 7.10. The van der Waals surface area contributed by atoms with Crippen LogP contribution in [0.15, 0.2) is 36.7 Å². The molecule has 0 spiro atoms. The first-order chi connectivity index (χ1) is 9.24. The van der Waals surface area contributed by atoms with Crippen LogP contribution in [0.2, 0.25) is 0 Å². The summed E-state index contributed by atoms with van der Waals surface area (Å²) in [5.74, 6) is 0.999. The number of hydrogen-bond donors (Lipinski definition) is 1. The van der Waals surface area contributed by atoms with Gasteiger partial charge in [0.1, 0.15) is 0 Å². The molecule has 1 aliphatic rings. The number of benzene rings is 1. The number of nitrogens with one attached hydrogen (secondary N) is 1. The zero-order valence-corrected chi connectivity index (χ0v) is 11.6. The lowest BCUT2D eigenvalue weighted by Crippen LogP contribution is -2.22. The summed E-state index contributed by atoms with van der Waals surface area (Å²) in [7, 11) is 0. The van der Waals surface area contributed by atoms with E-state index in [1.165, 1.54) is 24.0 Å². The van der Waals surface area contributed by atoms with Crippen molar-refractivity contribution >= 4 is 5.95 Å². The number of imidazole rings is 1. The Hall–Kier alpha value is -1.77. The van der Waals surface area contributed by atoms with Crippen LogP contribution >= 0.6 is 0 Å². The maximum absolute atomic E-state index is 4.44.